The van der Waals surface area contributed by atoms with E-state index >= 15 is 0 Å². The molecule has 0 bridgehead atoms. The number of ketones is 2. The molecule has 0 spiro atoms. The van der Waals surface area contributed by atoms with Gasteiger partial charge < -0.3 is 35.8 Å². The SMILES string of the molecule is CCCC(NC(=O)[C@@H]1CC(OC(=O)N2CCc3ccccc3C2)CN1C(=O)[C@@H](NC(=O)[C@@H](CC(=O)CCCCC(=O)NC)C(C)C)C(C)C)C(=O)C(=O)NC1CC1. The molecule has 5 atom stereocenters. The van der Waals surface area contributed by atoms with Crippen molar-refractivity contribution >= 4 is 47.2 Å². The minimum Gasteiger partial charge on any atom is -0.444 e. The van der Waals surface area contributed by atoms with Gasteiger partial charge in [0.2, 0.25) is 29.4 Å². The van der Waals surface area contributed by atoms with E-state index in [1.165, 1.54) is 4.90 Å². The number of likely N-dealkylation sites (tertiary alicyclic amines) is 1. The summed E-state index contributed by atoms with van der Waals surface area (Å²) in [4.78, 5) is 109. The number of nitrogens with zero attached hydrogens (tertiary/aromatic N) is 2. The van der Waals surface area contributed by atoms with Gasteiger partial charge in [-0.1, -0.05) is 65.3 Å². The molecule has 1 saturated heterocycles. The first-order chi connectivity index (χ1) is 27.1. The summed E-state index contributed by atoms with van der Waals surface area (Å²) in [7, 11) is 1.56. The van der Waals surface area contributed by atoms with Crippen molar-refractivity contribution in [3.8, 4) is 0 Å². The fraction of sp³-hybridized carbons (Fsp3) is 0.667. The Bertz CT molecular complexity index is 1640. The highest BCUT2D eigenvalue weighted by molar-refractivity contribution is 6.38. The van der Waals surface area contributed by atoms with Crippen LogP contribution in [-0.2, 0) is 51.3 Å². The van der Waals surface area contributed by atoms with Crippen LogP contribution in [-0.4, -0.2) is 107 Å². The van der Waals surface area contributed by atoms with Crippen LogP contribution in [0.2, 0.25) is 0 Å². The number of Topliss-reactive ketones (excluding diaryl/α,β-unsaturated/α-hetero) is 2. The highest BCUT2D eigenvalue weighted by Gasteiger charge is 2.46. The molecule has 0 aromatic heterocycles. The van der Waals surface area contributed by atoms with E-state index in [1.54, 1.807) is 25.8 Å². The average Bonchev–Trinajstić information content (AvgIpc) is 3.90. The molecule has 2 fully saturated rings. The Kier molecular flexibility index (Phi) is 16.6. The van der Waals surface area contributed by atoms with Gasteiger partial charge >= 0.3 is 6.09 Å². The lowest BCUT2D eigenvalue weighted by molar-refractivity contribution is -0.144. The minimum atomic E-state index is -1.17. The van der Waals surface area contributed by atoms with Crippen LogP contribution in [0, 0.1) is 17.8 Å². The highest BCUT2D eigenvalue weighted by Crippen LogP contribution is 2.27. The van der Waals surface area contributed by atoms with E-state index in [0.717, 1.165) is 24.0 Å². The van der Waals surface area contributed by atoms with Crippen LogP contribution < -0.4 is 21.3 Å². The average molecular weight is 795 g/mol. The monoisotopic (exact) mass is 794 g/mol. The Morgan fingerprint density at radius 3 is 2.21 bits per heavy atom. The smallest absolute Gasteiger partial charge is 0.410 e. The molecule has 15 nitrogen and oxygen atoms in total. The third-order valence-corrected chi connectivity index (χ3v) is 11.1. The Balaban J connectivity index is 1.50. The van der Waals surface area contributed by atoms with Crippen LogP contribution >= 0.6 is 0 Å². The molecule has 1 aromatic carbocycles. The first-order valence-electron chi connectivity index (χ1n) is 20.6. The van der Waals surface area contributed by atoms with Crippen molar-refractivity contribution in [2.24, 2.45) is 17.8 Å². The first-order valence-corrected chi connectivity index (χ1v) is 20.6. The third kappa shape index (κ3) is 12.8. The summed E-state index contributed by atoms with van der Waals surface area (Å²) in [6, 6.07) is 4.40. The lowest BCUT2D eigenvalue weighted by Gasteiger charge is -2.32. The van der Waals surface area contributed by atoms with Crippen molar-refractivity contribution in [3.05, 3.63) is 35.4 Å². The molecule has 0 radical (unpaired) electrons. The molecule has 1 aliphatic carbocycles. The maximum Gasteiger partial charge on any atom is 0.410 e. The standard InChI is InChI=1S/C42H62N6O9/c1-7-12-33(37(51)40(54)44-29-17-18-29)45-39(53)34-22-31(57-42(56)47-20-19-27-13-8-9-14-28(27)23-47)24-48(34)41(55)36(26(4)5)46-38(52)32(25(2)3)21-30(49)15-10-11-16-35(50)43-6/h8-9,13-14,25-26,29,31-34,36H,7,10-12,15-24H2,1-6H3,(H,43,50)(H,44,54)(H,45,53)(H,46,52)/t31?,32-,33?,34-,36-/m0/s1. The fourth-order valence-corrected chi connectivity index (χ4v) is 7.38. The summed E-state index contributed by atoms with van der Waals surface area (Å²) >= 11 is 0. The molecule has 15 heteroatoms. The topological polar surface area (TPSA) is 200 Å². The maximum absolute atomic E-state index is 14.5. The Labute approximate surface area is 336 Å². The van der Waals surface area contributed by atoms with E-state index in [1.807, 2.05) is 45.0 Å². The normalized spacial score (nSPS) is 19.2. The number of fused-ring (bicyclic) bond motifs is 1. The van der Waals surface area contributed by atoms with Gasteiger partial charge in [0.25, 0.3) is 5.91 Å². The summed E-state index contributed by atoms with van der Waals surface area (Å²) in [5.74, 6) is -4.87. The summed E-state index contributed by atoms with van der Waals surface area (Å²) in [5, 5.41) is 10.8. The molecule has 1 saturated carbocycles. The number of hydrogen-bond acceptors (Lipinski definition) is 9. The molecule has 4 N–H and O–H groups in total. The van der Waals surface area contributed by atoms with Gasteiger partial charge in [-0.05, 0) is 61.5 Å². The molecule has 314 valence electrons. The molecule has 3 aliphatic rings. The number of unbranched alkanes of at least 4 members (excludes halogenated alkanes) is 1. The molecule has 6 amide bonds. The van der Waals surface area contributed by atoms with Gasteiger partial charge in [0.15, 0.2) is 0 Å². The third-order valence-electron chi connectivity index (χ3n) is 11.1. The van der Waals surface area contributed by atoms with E-state index in [2.05, 4.69) is 21.3 Å². The summed E-state index contributed by atoms with van der Waals surface area (Å²) < 4.78 is 5.95. The zero-order valence-electron chi connectivity index (χ0n) is 34.4. The number of hydrogen-bond donors (Lipinski definition) is 4. The van der Waals surface area contributed by atoms with Gasteiger partial charge in [-0.15, -0.1) is 0 Å². The molecule has 2 unspecified atom stereocenters. The van der Waals surface area contributed by atoms with Crippen LogP contribution in [0.3, 0.4) is 0 Å². The van der Waals surface area contributed by atoms with Crippen molar-refractivity contribution in [1.82, 2.24) is 31.1 Å². The number of ether oxygens (including phenoxy) is 1. The van der Waals surface area contributed by atoms with Crippen LogP contribution in [0.5, 0.6) is 0 Å². The molecule has 4 rings (SSSR count). The van der Waals surface area contributed by atoms with Crippen molar-refractivity contribution in [2.45, 2.75) is 142 Å². The van der Waals surface area contributed by atoms with E-state index in [9.17, 15) is 38.4 Å². The fourth-order valence-electron chi connectivity index (χ4n) is 7.38. The van der Waals surface area contributed by atoms with E-state index in [0.29, 0.717) is 45.2 Å². The van der Waals surface area contributed by atoms with Crippen molar-refractivity contribution in [3.63, 3.8) is 0 Å². The van der Waals surface area contributed by atoms with Crippen molar-refractivity contribution < 1.29 is 43.1 Å². The predicted octanol–water partition coefficient (Wildman–Crippen LogP) is 2.96. The van der Waals surface area contributed by atoms with Gasteiger partial charge in [0, 0.05) is 57.8 Å². The number of benzene rings is 1. The molecular weight excluding hydrogens is 732 g/mol. The maximum atomic E-state index is 14.5. The lowest BCUT2D eigenvalue weighted by atomic mass is 9.88. The van der Waals surface area contributed by atoms with E-state index in [4.69, 9.17) is 4.74 Å². The number of nitrogens with one attached hydrogen (secondary N) is 4. The highest BCUT2D eigenvalue weighted by atomic mass is 16.6. The zero-order valence-corrected chi connectivity index (χ0v) is 34.4. The minimum absolute atomic E-state index is 0.0304. The van der Waals surface area contributed by atoms with Gasteiger partial charge in [0.05, 0.1) is 12.6 Å². The Morgan fingerprint density at radius 1 is 0.895 bits per heavy atom. The largest absolute Gasteiger partial charge is 0.444 e. The first kappa shape index (κ1) is 44.9. The Morgan fingerprint density at radius 2 is 1.58 bits per heavy atom. The van der Waals surface area contributed by atoms with Gasteiger partial charge in [0.1, 0.15) is 24.0 Å². The van der Waals surface area contributed by atoms with Crippen molar-refractivity contribution in [2.75, 3.05) is 20.1 Å². The number of amides is 6. The van der Waals surface area contributed by atoms with Crippen LogP contribution in [0.4, 0.5) is 4.79 Å². The second kappa shape index (κ2) is 21.1. The van der Waals surface area contributed by atoms with Gasteiger partial charge in [-0.25, -0.2) is 4.79 Å². The molecule has 2 aliphatic heterocycles. The van der Waals surface area contributed by atoms with Crippen molar-refractivity contribution in [1.29, 1.82) is 0 Å². The van der Waals surface area contributed by atoms with Crippen LogP contribution in [0.1, 0.15) is 110 Å². The summed E-state index contributed by atoms with van der Waals surface area (Å²) in [6.07, 6.45) is 2.97. The molecule has 57 heavy (non-hydrogen) atoms. The summed E-state index contributed by atoms with van der Waals surface area (Å²) in [5.41, 5.74) is 2.16. The van der Waals surface area contributed by atoms with Gasteiger partial charge in [-0.2, -0.15) is 0 Å². The zero-order chi connectivity index (χ0) is 41.8. The second-order valence-corrected chi connectivity index (χ2v) is 16.4. The predicted molar refractivity (Wildman–Crippen MR) is 211 cm³/mol. The van der Waals surface area contributed by atoms with Gasteiger partial charge in [-0.3, -0.25) is 33.6 Å². The van der Waals surface area contributed by atoms with Crippen LogP contribution in [0.15, 0.2) is 24.3 Å². The van der Waals surface area contributed by atoms with E-state index in [-0.39, 0.29) is 55.9 Å². The lowest BCUT2D eigenvalue weighted by Crippen LogP contribution is -2.58. The second-order valence-electron chi connectivity index (χ2n) is 16.4. The van der Waals surface area contributed by atoms with E-state index < -0.39 is 71.6 Å². The molecular formula is C42H62N6O9. The number of carbonyl (C=O) groups excluding carboxylic acids is 8. The summed E-state index contributed by atoms with van der Waals surface area (Å²) in [6.45, 7) is 9.66. The molecule has 1 aromatic rings. The number of carbonyl (C=O) groups is 8. The van der Waals surface area contributed by atoms with Crippen LogP contribution in [0.25, 0.3) is 0 Å². The number of rotatable bonds is 20. The Hall–Kier alpha value is -4.82. The quantitative estimate of drug-likeness (QED) is 0.113. The molecule has 2 heterocycles.